The molecule has 1 amide bonds. The van der Waals surface area contributed by atoms with Crippen LogP contribution in [-0.4, -0.2) is 30.1 Å². The topological polar surface area (TPSA) is 75.4 Å². The van der Waals surface area contributed by atoms with Gasteiger partial charge in [-0.15, -0.1) is 0 Å². The van der Waals surface area contributed by atoms with Gasteiger partial charge in [-0.05, 0) is 24.6 Å². The second-order valence-corrected chi connectivity index (χ2v) is 3.69. The van der Waals surface area contributed by atoms with Crippen molar-refractivity contribution in [2.24, 2.45) is 0 Å². The van der Waals surface area contributed by atoms with Crippen LogP contribution in [-0.2, 0) is 0 Å². The van der Waals surface area contributed by atoms with E-state index in [1.165, 1.54) is 6.07 Å². The van der Waals surface area contributed by atoms with Crippen molar-refractivity contribution >= 4 is 11.6 Å². The molecule has 0 bridgehead atoms. The third kappa shape index (κ3) is 3.67. The van der Waals surface area contributed by atoms with E-state index in [2.05, 4.69) is 5.32 Å². The smallest absolute Gasteiger partial charge is 0.265 e. The number of aliphatic hydroxyl groups excluding tert-OH is 1. The van der Waals surface area contributed by atoms with Crippen LogP contribution in [0.3, 0.4) is 0 Å². The number of aryl methyl sites for hydroxylation is 1. The third-order valence-electron chi connectivity index (χ3n) is 2.27. The standard InChI is InChI=1S/C11H14F2N2O2/c1-6-2-3-7(14)4-8(6)11(17)15-5-9(16)10(12)13/h2-4,9-10,16H,5,14H2,1H3,(H,15,17). The molecule has 6 heteroatoms. The predicted octanol–water partition coefficient (Wildman–Crippen LogP) is 0.933. The fourth-order valence-electron chi connectivity index (χ4n) is 1.27. The average Bonchev–Trinajstić information content (AvgIpc) is 2.28. The first kappa shape index (κ1) is 13.4. The molecule has 0 saturated carbocycles. The van der Waals surface area contributed by atoms with Crippen molar-refractivity contribution in [3.63, 3.8) is 0 Å². The Balaban J connectivity index is 2.67. The van der Waals surface area contributed by atoms with Crippen LogP contribution in [0, 0.1) is 6.92 Å². The summed E-state index contributed by atoms with van der Waals surface area (Å²) < 4.78 is 24.0. The maximum absolute atomic E-state index is 12.0. The number of benzene rings is 1. The van der Waals surface area contributed by atoms with E-state index in [0.717, 1.165) is 0 Å². The molecule has 4 nitrogen and oxygen atoms in total. The molecule has 94 valence electrons. The fraction of sp³-hybridized carbons (Fsp3) is 0.364. The number of carbonyl (C=O) groups is 1. The number of amides is 1. The quantitative estimate of drug-likeness (QED) is 0.690. The zero-order valence-electron chi connectivity index (χ0n) is 9.28. The molecule has 1 atom stereocenters. The molecule has 0 heterocycles. The number of alkyl halides is 2. The van der Waals surface area contributed by atoms with Gasteiger partial charge in [0, 0.05) is 17.8 Å². The number of hydrogen-bond acceptors (Lipinski definition) is 3. The monoisotopic (exact) mass is 244 g/mol. The van der Waals surface area contributed by atoms with Gasteiger partial charge in [0.2, 0.25) is 0 Å². The Hall–Kier alpha value is -1.69. The van der Waals surface area contributed by atoms with Crippen LogP contribution < -0.4 is 11.1 Å². The zero-order chi connectivity index (χ0) is 13.0. The highest BCUT2D eigenvalue weighted by Crippen LogP contribution is 2.12. The highest BCUT2D eigenvalue weighted by atomic mass is 19.3. The lowest BCUT2D eigenvalue weighted by atomic mass is 10.1. The van der Waals surface area contributed by atoms with Gasteiger partial charge in [0.25, 0.3) is 12.3 Å². The summed E-state index contributed by atoms with van der Waals surface area (Å²) in [6, 6.07) is 4.76. The number of halogens is 2. The summed E-state index contributed by atoms with van der Waals surface area (Å²) in [6.07, 6.45) is -4.74. The molecule has 0 aliphatic rings. The van der Waals surface area contributed by atoms with Crippen molar-refractivity contribution in [2.75, 3.05) is 12.3 Å². The summed E-state index contributed by atoms with van der Waals surface area (Å²) in [5.74, 6) is -0.533. The lowest BCUT2D eigenvalue weighted by Crippen LogP contribution is -2.36. The Morgan fingerprint density at radius 2 is 2.18 bits per heavy atom. The number of nitrogens with one attached hydrogen (secondary N) is 1. The van der Waals surface area contributed by atoms with Gasteiger partial charge in [0.1, 0.15) is 6.10 Å². The number of nitrogens with two attached hydrogens (primary N) is 1. The lowest BCUT2D eigenvalue weighted by Gasteiger charge is -2.12. The van der Waals surface area contributed by atoms with Crippen LogP contribution in [0.1, 0.15) is 15.9 Å². The molecule has 1 aromatic rings. The molecule has 1 rings (SSSR count). The Morgan fingerprint density at radius 3 is 2.76 bits per heavy atom. The van der Waals surface area contributed by atoms with Crippen LogP contribution >= 0.6 is 0 Å². The molecule has 0 spiro atoms. The highest BCUT2D eigenvalue weighted by Gasteiger charge is 2.18. The Kier molecular flexibility index (Phi) is 4.39. The van der Waals surface area contributed by atoms with Crippen LogP contribution in [0.15, 0.2) is 18.2 Å². The summed E-state index contributed by atoms with van der Waals surface area (Å²) in [7, 11) is 0. The summed E-state index contributed by atoms with van der Waals surface area (Å²) >= 11 is 0. The van der Waals surface area contributed by atoms with E-state index in [1.807, 2.05) is 0 Å². The Morgan fingerprint density at radius 1 is 1.53 bits per heavy atom. The van der Waals surface area contributed by atoms with Crippen molar-refractivity contribution < 1.29 is 18.7 Å². The largest absolute Gasteiger partial charge is 0.399 e. The number of nitrogen functional groups attached to an aromatic ring is 1. The van der Waals surface area contributed by atoms with Gasteiger partial charge in [0.15, 0.2) is 0 Å². The van der Waals surface area contributed by atoms with Gasteiger partial charge in [-0.2, -0.15) is 0 Å². The average molecular weight is 244 g/mol. The van der Waals surface area contributed by atoms with Crippen molar-refractivity contribution in [3.05, 3.63) is 29.3 Å². The van der Waals surface area contributed by atoms with Gasteiger partial charge in [-0.3, -0.25) is 4.79 Å². The van der Waals surface area contributed by atoms with Gasteiger partial charge >= 0.3 is 0 Å². The van der Waals surface area contributed by atoms with Crippen LogP contribution in [0.5, 0.6) is 0 Å². The molecule has 0 aromatic heterocycles. The maximum Gasteiger partial charge on any atom is 0.265 e. The van der Waals surface area contributed by atoms with E-state index >= 15 is 0 Å². The Labute approximate surface area is 97.4 Å². The maximum atomic E-state index is 12.0. The van der Waals surface area contributed by atoms with E-state index in [0.29, 0.717) is 16.8 Å². The van der Waals surface area contributed by atoms with E-state index in [9.17, 15) is 13.6 Å². The second kappa shape index (κ2) is 5.58. The molecule has 0 fully saturated rings. The van der Waals surface area contributed by atoms with Crippen molar-refractivity contribution in [3.8, 4) is 0 Å². The SMILES string of the molecule is Cc1ccc(N)cc1C(=O)NCC(O)C(F)F. The molecular formula is C11H14F2N2O2. The molecule has 0 radical (unpaired) electrons. The van der Waals surface area contributed by atoms with Crippen LogP contribution in [0.4, 0.5) is 14.5 Å². The number of hydrogen-bond donors (Lipinski definition) is 3. The van der Waals surface area contributed by atoms with Crippen LogP contribution in [0.2, 0.25) is 0 Å². The molecule has 1 unspecified atom stereocenters. The number of aliphatic hydroxyl groups is 1. The molecule has 0 saturated heterocycles. The molecule has 4 N–H and O–H groups in total. The summed E-state index contributed by atoms with van der Waals surface area (Å²) in [6.45, 7) is 1.21. The summed E-state index contributed by atoms with van der Waals surface area (Å²) in [5.41, 5.74) is 6.93. The molecular weight excluding hydrogens is 230 g/mol. The minimum Gasteiger partial charge on any atom is -0.399 e. The first-order chi connectivity index (χ1) is 7.91. The van der Waals surface area contributed by atoms with E-state index < -0.39 is 25.0 Å². The first-order valence-corrected chi connectivity index (χ1v) is 5.02. The second-order valence-electron chi connectivity index (χ2n) is 3.69. The fourth-order valence-corrected chi connectivity index (χ4v) is 1.27. The lowest BCUT2D eigenvalue weighted by molar-refractivity contribution is -0.00270. The molecule has 17 heavy (non-hydrogen) atoms. The number of rotatable bonds is 4. The normalized spacial score (nSPS) is 12.5. The van der Waals surface area contributed by atoms with Gasteiger partial charge in [-0.25, -0.2) is 8.78 Å². The van der Waals surface area contributed by atoms with E-state index in [-0.39, 0.29) is 0 Å². The number of anilines is 1. The van der Waals surface area contributed by atoms with Crippen LogP contribution in [0.25, 0.3) is 0 Å². The zero-order valence-corrected chi connectivity index (χ0v) is 9.28. The van der Waals surface area contributed by atoms with Gasteiger partial charge in [0.05, 0.1) is 0 Å². The summed E-state index contributed by atoms with van der Waals surface area (Å²) in [4.78, 5) is 11.6. The molecule has 1 aromatic carbocycles. The molecule has 0 aliphatic carbocycles. The van der Waals surface area contributed by atoms with E-state index in [1.54, 1.807) is 19.1 Å². The number of carbonyl (C=O) groups excluding carboxylic acids is 1. The van der Waals surface area contributed by atoms with Gasteiger partial charge in [-0.1, -0.05) is 6.07 Å². The minimum atomic E-state index is -2.88. The van der Waals surface area contributed by atoms with Crippen molar-refractivity contribution in [1.82, 2.24) is 5.32 Å². The summed E-state index contributed by atoms with van der Waals surface area (Å²) in [5, 5.41) is 11.1. The minimum absolute atomic E-state index is 0.312. The molecule has 0 aliphatic heterocycles. The third-order valence-corrected chi connectivity index (χ3v) is 2.27. The van der Waals surface area contributed by atoms with Crippen molar-refractivity contribution in [1.29, 1.82) is 0 Å². The van der Waals surface area contributed by atoms with Gasteiger partial charge < -0.3 is 16.2 Å². The Bertz CT molecular complexity index is 410. The highest BCUT2D eigenvalue weighted by molar-refractivity contribution is 5.96. The predicted molar refractivity (Wildman–Crippen MR) is 59.9 cm³/mol. The van der Waals surface area contributed by atoms with Crippen molar-refractivity contribution in [2.45, 2.75) is 19.5 Å². The first-order valence-electron chi connectivity index (χ1n) is 5.02. The van der Waals surface area contributed by atoms with E-state index in [4.69, 9.17) is 10.8 Å².